The lowest BCUT2D eigenvalue weighted by molar-refractivity contribution is 0.392. The minimum Gasteiger partial charge on any atom is -0.480 e. The SMILES string of the molecule is CCCNc1nc(-c2ccc(OC)nn2)nc2c1CSC2. The van der Waals surface area contributed by atoms with Crippen LogP contribution < -0.4 is 10.1 Å². The van der Waals surface area contributed by atoms with Gasteiger partial charge < -0.3 is 10.1 Å². The molecule has 7 heteroatoms. The molecule has 0 atom stereocenters. The Bertz CT molecular complexity index is 632. The molecule has 3 heterocycles. The van der Waals surface area contributed by atoms with Gasteiger partial charge in [-0.15, -0.1) is 10.2 Å². The summed E-state index contributed by atoms with van der Waals surface area (Å²) in [6.45, 7) is 3.04. The molecule has 1 N–H and O–H groups in total. The molecule has 0 amide bonds. The van der Waals surface area contributed by atoms with Crippen molar-refractivity contribution in [3.8, 4) is 17.4 Å². The molecule has 0 fully saturated rings. The molecule has 2 aromatic rings. The van der Waals surface area contributed by atoms with Crippen LogP contribution in [0.4, 0.5) is 5.82 Å². The summed E-state index contributed by atoms with van der Waals surface area (Å²) in [4.78, 5) is 9.26. The number of fused-ring (bicyclic) bond motifs is 1. The van der Waals surface area contributed by atoms with Gasteiger partial charge in [0.2, 0.25) is 5.88 Å². The average molecular weight is 303 g/mol. The van der Waals surface area contributed by atoms with E-state index in [4.69, 9.17) is 4.74 Å². The summed E-state index contributed by atoms with van der Waals surface area (Å²) in [5.74, 6) is 3.93. The Labute approximate surface area is 127 Å². The van der Waals surface area contributed by atoms with Crippen LogP contribution in [0.25, 0.3) is 11.5 Å². The van der Waals surface area contributed by atoms with Crippen LogP contribution in [0.3, 0.4) is 0 Å². The predicted octanol–water partition coefficient (Wildman–Crippen LogP) is 2.51. The molecule has 1 aliphatic rings. The molecule has 3 rings (SSSR count). The zero-order valence-electron chi connectivity index (χ0n) is 12.1. The molecular formula is C14H17N5OS. The van der Waals surface area contributed by atoms with Crippen molar-refractivity contribution in [2.45, 2.75) is 24.9 Å². The maximum atomic E-state index is 5.03. The second-order valence-corrected chi connectivity index (χ2v) is 5.69. The predicted molar refractivity (Wildman–Crippen MR) is 83.4 cm³/mol. The first-order chi connectivity index (χ1) is 10.3. The molecule has 0 aliphatic carbocycles. The quantitative estimate of drug-likeness (QED) is 0.909. The summed E-state index contributed by atoms with van der Waals surface area (Å²) in [6, 6.07) is 3.60. The van der Waals surface area contributed by atoms with E-state index in [9.17, 15) is 0 Å². The molecule has 0 saturated heterocycles. The maximum Gasteiger partial charge on any atom is 0.233 e. The molecule has 0 spiro atoms. The van der Waals surface area contributed by atoms with Gasteiger partial charge in [0.1, 0.15) is 11.5 Å². The Kier molecular flexibility index (Phi) is 4.19. The van der Waals surface area contributed by atoms with E-state index in [0.29, 0.717) is 17.4 Å². The van der Waals surface area contributed by atoms with Crippen molar-refractivity contribution in [3.63, 3.8) is 0 Å². The van der Waals surface area contributed by atoms with E-state index in [1.807, 2.05) is 17.8 Å². The molecular weight excluding hydrogens is 286 g/mol. The average Bonchev–Trinajstić information content (AvgIpc) is 3.01. The number of rotatable bonds is 5. The summed E-state index contributed by atoms with van der Waals surface area (Å²) < 4.78 is 5.03. The fraction of sp³-hybridized carbons (Fsp3) is 0.429. The number of thioether (sulfide) groups is 1. The van der Waals surface area contributed by atoms with Gasteiger partial charge in [-0.05, 0) is 12.5 Å². The van der Waals surface area contributed by atoms with Crippen molar-refractivity contribution in [3.05, 3.63) is 23.4 Å². The maximum absolute atomic E-state index is 5.03. The Morgan fingerprint density at radius 3 is 2.86 bits per heavy atom. The monoisotopic (exact) mass is 303 g/mol. The standard InChI is InChI=1S/C14H17N5OS/c1-3-6-15-13-9-7-21-8-11(9)16-14(17-13)10-4-5-12(20-2)19-18-10/h4-5H,3,6-8H2,1-2H3,(H,15,16,17). The third-order valence-corrected chi connectivity index (χ3v) is 4.17. The van der Waals surface area contributed by atoms with E-state index in [0.717, 1.165) is 36.0 Å². The third kappa shape index (κ3) is 2.92. The highest BCUT2D eigenvalue weighted by atomic mass is 32.2. The van der Waals surface area contributed by atoms with E-state index in [1.54, 1.807) is 13.2 Å². The third-order valence-electron chi connectivity index (χ3n) is 3.20. The highest BCUT2D eigenvalue weighted by Crippen LogP contribution is 2.34. The molecule has 6 nitrogen and oxygen atoms in total. The lowest BCUT2D eigenvalue weighted by Crippen LogP contribution is -2.08. The summed E-state index contributed by atoms with van der Waals surface area (Å²) >= 11 is 1.86. The van der Waals surface area contributed by atoms with Gasteiger partial charge in [-0.3, -0.25) is 0 Å². The van der Waals surface area contributed by atoms with Gasteiger partial charge in [0.25, 0.3) is 0 Å². The van der Waals surface area contributed by atoms with Crippen LogP contribution in [-0.2, 0) is 11.5 Å². The number of ether oxygens (including phenoxy) is 1. The first-order valence-corrected chi connectivity index (χ1v) is 8.06. The lowest BCUT2D eigenvalue weighted by Gasteiger charge is -2.10. The smallest absolute Gasteiger partial charge is 0.233 e. The number of methoxy groups -OCH3 is 1. The van der Waals surface area contributed by atoms with E-state index >= 15 is 0 Å². The van der Waals surface area contributed by atoms with Crippen LogP contribution in [0.15, 0.2) is 12.1 Å². The Hall–Kier alpha value is -1.89. The van der Waals surface area contributed by atoms with Crippen LogP contribution in [0.1, 0.15) is 24.6 Å². The molecule has 0 saturated carbocycles. The molecule has 0 aromatic carbocycles. The van der Waals surface area contributed by atoms with Crippen LogP contribution in [0, 0.1) is 0 Å². The molecule has 0 bridgehead atoms. The molecule has 1 aliphatic heterocycles. The summed E-state index contributed by atoms with van der Waals surface area (Å²) in [5.41, 5.74) is 2.98. The molecule has 0 radical (unpaired) electrons. The highest BCUT2D eigenvalue weighted by Gasteiger charge is 2.20. The van der Waals surface area contributed by atoms with Gasteiger partial charge in [-0.2, -0.15) is 11.8 Å². The van der Waals surface area contributed by atoms with Gasteiger partial charge in [-0.1, -0.05) is 6.92 Å². The normalized spacial score (nSPS) is 13.0. The summed E-state index contributed by atoms with van der Waals surface area (Å²) in [6.07, 6.45) is 1.06. The molecule has 2 aromatic heterocycles. The van der Waals surface area contributed by atoms with Crippen molar-refractivity contribution in [1.29, 1.82) is 0 Å². The highest BCUT2D eigenvalue weighted by molar-refractivity contribution is 7.98. The molecule has 110 valence electrons. The second-order valence-electron chi connectivity index (χ2n) is 4.70. The van der Waals surface area contributed by atoms with Crippen molar-refractivity contribution in [1.82, 2.24) is 20.2 Å². The fourth-order valence-corrected chi connectivity index (χ4v) is 3.15. The minimum absolute atomic E-state index is 0.486. The van der Waals surface area contributed by atoms with Gasteiger partial charge in [0.05, 0.1) is 12.8 Å². The number of nitrogens with zero attached hydrogens (tertiary/aromatic N) is 4. The lowest BCUT2D eigenvalue weighted by atomic mass is 10.2. The Morgan fingerprint density at radius 1 is 1.24 bits per heavy atom. The van der Waals surface area contributed by atoms with Crippen molar-refractivity contribution in [2.24, 2.45) is 0 Å². The zero-order valence-corrected chi connectivity index (χ0v) is 12.9. The van der Waals surface area contributed by atoms with E-state index in [1.165, 1.54) is 5.56 Å². The first kappa shape index (κ1) is 14.1. The van der Waals surface area contributed by atoms with Crippen LogP contribution in [-0.4, -0.2) is 33.8 Å². The number of aromatic nitrogens is 4. The second kappa shape index (κ2) is 6.26. The largest absolute Gasteiger partial charge is 0.480 e. The van der Waals surface area contributed by atoms with Gasteiger partial charge in [0.15, 0.2) is 5.82 Å². The summed E-state index contributed by atoms with van der Waals surface area (Å²) in [7, 11) is 1.57. The van der Waals surface area contributed by atoms with Gasteiger partial charge in [0, 0.05) is 29.7 Å². The van der Waals surface area contributed by atoms with E-state index in [-0.39, 0.29) is 0 Å². The molecule has 21 heavy (non-hydrogen) atoms. The topological polar surface area (TPSA) is 72.8 Å². The molecule has 0 unspecified atom stereocenters. The Balaban J connectivity index is 1.97. The van der Waals surface area contributed by atoms with Crippen LogP contribution >= 0.6 is 11.8 Å². The number of anilines is 1. The Morgan fingerprint density at radius 2 is 2.14 bits per heavy atom. The van der Waals surface area contributed by atoms with E-state index < -0.39 is 0 Å². The summed E-state index contributed by atoms with van der Waals surface area (Å²) in [5, 5.41) is 11.5. The minimum atomic E-state index is 0.486. The number of hydrogen-bond acceptors (Lipinski definition) is 7. The van der Waals surface area contributed by atoms with Crippen molar-refractivity contribution in [2.75, 3.05) is 19.0 Å². The van der Waals surface area contributed by atoms with Crippen LogP contribution in [0.5, 0.6) is 5.88 Å². The fourth-order valence-electron chi connectivity index (χ4n) is 2.10. The van der Waals surface area contributed by atoms with Gasteiger partial charge >= 0.3 is 0 Å². The van der Waals surface area contributed by atoms with Crippen LogP contribution in [0.2, 0.25) is 0 Å². The zero-order chi connectivity index (χ0) is 14.7. The van der Waals surface area contributed by atoms with Crippen molar-refractivity contribution < 1.29 is 4.74 Å². The number of hydrogen-bond donors (Lipinski definition) is 1. The van der Waals surface area contributed by atoms with Crippen molar-refractivity contribution >= 4 is 17.6 Å². The van der Waals surface area contributed by atoms with E-state index in [2.05, 4.69) is 32.4 Å². The first-order valence-electron chi connectivity index (χ1n) is 6.91. The number of nitrogens with one attached hydrogen (secondary N) is 1. The van der Waals surface area contributed by atoms with Gasteiger partial charge in [-0.25, -0.2) is 9.97 Å².